The predicted octanol–water partition coefficient (Wildman–Crippen LogP) is 4.70. The van der Waals surface area contributed by atoms with E-state index in [4.69, 9.17) is 14.2 Å². The highest BCUT2D eigenvalue weighted by atomic mass is 28.3. The number of hydrogen-bond acceptors (Lipinski definition) is 6. The molecule has 0 spiro atoms. The number of pyridine rings is 1. The summed E-state index contributed by atoms with van der Waals surface area (Å²) in [6.07, 6.45) is 3.32. The van der Waals surface area contributed by atoms with Gasteiger partial charge in [0, 0.05) is 26.4 Å². The van der Waals surface area contributed by atoms with E-state index in [1.165, 1.54) is 6.33 Å². The molecule has 2 aromatic heterocycles. The van der Waals surface area contributed by atoms with Crippen molar-refractivity contribution in [3.8, 4) is 22.9 Å². The fraction of sp³-hybridized carbons (Fsp3) is 0.381. The molecule has 28 heavy (non-hydrogen) atoms. The van der Waals surface area contributed by atoms with E-state index in [0.717, 1.165) is 28.3 Å². The molecule has 0 saturated heterocycles. The van der Waals surface area contributed by atoms with Gasteiger partial charge in [-0.2, -0.15) is 0 Å². The highest BCUT2D eigenvalue weighted by Crippen LogP contribution is 2.34. The Labute approximate surface area is 166 Å². The smallest absolute Gasteiger partial charge is 0.226 e. The number of ether oxygens (including phenoxy) is 3. The number of hydrogen-bond donors (Lipinski definition) is 0. The molecule has 1 aromatic carbocycles. The second-order valence-electron chi connectivity index (χ2n) is 7.96. The van der Waals surface area contributed by atoms with Gasteiger partial charge in [0.25, 0.3) is 0 Å². The first-order valence-electron chi connectivity index (χ1n) is 9.34. The molecule has 0 aliphatic rings. The minimum atomic E-state index is -1.12. The van der Waals surface area contributed by atoms with Crippen molar-refractivity contribution in [2.24, 2.45) is 0 Å². The molecule has 3 rings (SSSR count). The highest BCUT2D eigenvalue weighted by Gasteiger charge is 2.14. The first-order chi connectivity index (χ1) is 13.4. The summed E-state index contributed by atoms with van der Waals surface area (Å²) >= 11 is 0. The topological polar surface area (TPSA) is 66.4 Å². The van der Waals surface area contributed by atoms with Gasteiger partial charge in [-0.15, -0.1) is 0 Å². The highest BCUT2D eigenvalue weighted by molar-refractivity contribution is 6.76. The van der Waals surface area contributed by atoms with Crippen molar-refractivity contribution in [1.29, 1.82) is 0 Å². The first kappa shape index (κ1) is 20.2. The summed E-state index contributed by atoms with van der Waals surface area (Å²) in [7, 11) is 0.507. The van der Waals surface area contributed by atoms with Crippen LogP contribution in [0.4, 0.5) is 0 Å². The lowest BCUT2D eigenvalue weighted by Crippen LogP contribution is -2.22. The third kappa shape index (κ3) is 5.05. The van der Waals surface area contributed by atoms with Crippen molar-refractivity contribution < 1.29 is 14.2 Å². The van der Waals surface area contributed by atoms with Crippen LogP contribution in [0, 0.1) is 6.92 Å². The molecule has 0 atom stereocenters. The summed E-state index contributed by atoms with van der Waals surface area (Å²) in [5.74, 6) is 1.13. The standard InChI is InChI=1S/C21H27N3O3Si/c1-15-6-7-18(22-12-15)16-10-17-20(19(11-16)25-2)23-13-24-21(17)27-14-26-8-9-28(3,4)5/h6-7,10-13H,8-9,14H2,1-5H3. The van der Waals surface area contributed by atoms with Gasteiger partial charge in [-0.25, -0.2) is 9.97 Å². The number of methoxy groups -OCH3 is 1. The van der Waals surface area contributed by atoms with E-state index in [9.17, 15) is 0 Å². The molecule has 7 heteroatoms. The van der Waals surface area contributed by atoms with Gasteiger partial charge in [0.05, 0.1) is 18.2 Å². The van der Waals surface area contributed by atoms with Crippen LogP contribution in [-0.4, -0.2) is 43.5 Å². The zero-order valence-corrected chi connectivity index (χ0v) is 18.2. The zero-order valence-electron chi connectivity index (χ0n) is 17.2. The molecule has 0 aliphatic heterocycles. The Hall–Kier alpha value is -2.51. The van der Waals surface area contributed by atoms with Crippen molar-refractivity contribution >= 4 is 19.0 Å². The monoisotopic (exact) mass is 397 g/mol. The largest absolute Gasteiger partial charge is 0.494 e. The van der Waals surface area contributed by atoms with E-state index in [1.54, 1.807) is 7.11 Å². The first-order valence-corrected chi connectivity index (χ1v) is 13.0. The van der Waals surface area contributed by atoms with Crippen molar-refractivity contribution in [3.63, 3.8) is 0 Å². The normalized spacial score (nSPS) is 11.6. The van der Waals surface area contributed by atoms with Crippen LogP contribution in [0.3, 0.4) is 0 Å². The maximum Gasteiger partial charge on any atom is 0.226 e. The number of nitrogens with zero attached hydrogens (tertiary/aromatic N) is 3. The molecule has 0 unspecified atom stereocenters. The van der Waals surface area contributed by atoms with E-state index < -0.39 is 8.07 Å². The number of aromatic nitrogens is 3. The lowest BCUT2D eigenvalue weighted by atomic mass is 10.1. The molecule has 0 aliphatic carbocycles. The molecule has 0 amide bonds. The minimum Gasteiger partial charge on any atom is -0.494 e. The van der Waals surface area contributed by atoms with Gasteiger partial charge >= 0.3 is 0 Å². The quantitative estimate of drug-likeness (QED) is 0.312. The van der Waals surface area contributed by atoms with Crippen LogP contribution in [0.15, 0.2) is 36.8 Å². The molecular formula is C21H27N3O3Si. The van der Waals surface area contributed by atoms with Gasteiger partial charge in [-0.05, 0) is 36.7 Å². The Morgan fingerprint density at radius 3 is 2.54 bits per heavy atom. The summed E-state index contributed by atoms with van der Waals surface area (Å²) in [5, 5.41) is 0.771. The molecule has 0 bridgehead atoms. The second-order valence-corrected chi connectivity index (χ2v) is 13.6. The van der Waals surface area contributed by atoms with Crippen LogP contribution >= 0.6 is 0 Å². The van der Waals surface area contributed by atoms with Crippen LogP contribution in [-0.2, 0) is 4.74 Å². The van der Waals surface area contributed by atoms with E-state index in [1.807, 2.05) is 37.4 Å². The zero-order chi connectivity index (χ0) is 20.1. The van der Waals surface area contributed by atoms with Gasteiger partial charge in [0.15, 0.2) is 6.79 Å². The second kappa shape index (κ2) is 8.66. The predicted molar refractivity (Wildman–Crippen MR) is 114 cm³/mol. The van der Waals surface area contributed by atoms with E-state index in [0.29, 0.717) is 23.8 Å². The van der Waals surface area contributed by atoms with Crippen LogP contribution < -0.4 is 9.47 Å². The van der Waals surface area contributed by atoms with Crippen LogP contribution in [0.25, 0.3) is 22.2 Å². The van der Waals surface area contributed by atoms with Crippen molar-refractivity contribution in [3.05, 3.63) is 42.4 Å². The molecule has 0 N–H and O–H groups in total. The van der Waals surface area contributed by atoms with Gasteiger partial charge in [0.1, 0.15) is 17.6 Å². The third-order valence-electron chi connectivity index (χ3n) is 4.37. The average molecular weight is 398 g/mol. The van der Waals surface area contributed by atoms with E-state index in [2.05, 4.69) is 34.6 Å². The lowest BCUT2D eigenvalue weighted by molar-refractivity contribution is 0.0203. The average Bonchev–Trinajstić information content (AvgIpc) is 2.66. The fourth-order valence-corrected chi connectivity index (χ4v) is 3.46. The van der Waals surface area contributed by atoms with Crippen molar-refractivity contribution in [2.75, 3.05) is 20.5 Å². The maximum absolute atomic E-state index is 5.81. The molecule has 3 aromatic rings. The molecule has 148 valence electrons. The Kier molecular flexibility index (Phi) is 6.26. The Balaban J connectivity index is 1.86. The van der Waals surface area contributed by atoms with E-state index in [-0.39, 0.29) is 6.79 Å². The molecule has 0 radical (unpaired) electrons. The summed E-state index contributed by atoms with van der Waals surface area (Å²) < 4.78 is 17.0. The number of aryl methyl sites for hydroxylation is 1. The number of fused-ring (bicyclic) bond motifs is 1. The molecular weight excluding hydrogens is 370 g/mol. The van der Waals surface area contributed by atoms with Crippen molar-refractivity contribution in [2.45, 2.75) is 32.6 Å². The Bertz CT molecular complexity index is 940. The van der Waals surface area contributed by atoms with Gasteiger partial charge < -0.3 is 14.2 Å². The molecule has 0 saturated carbocycles. The summed E-state index contributed by atoms with van der Waals surface area (Å²) in [6.45, 7) is 9.83. The van der Waals surface area contributed by atoms with Crippen LogP contribution in [0.2, 0.25) is 25.7 Å². The minimum absolute atomic E-state index is 0.159. The van der Waals surface area contributed by atoms with Gasteiger partial charge in [-0.1, -0.05) is 25.7 Å². The molecule has 2 heterocycles. The molecule has 0 fully saturated rings. The lowest BCUT2D eigenvalue weighted by Gasteiger charge is -2.16. The third-order valence-corrected chi connectivity index (χ3v) is 6.07. The van der Waals surface area contributed by atoms with Crippen LogP contribution in [0.5, 0.6) is 11.6 Å². The van der Waals surface area contributed by atoms with Gasteiger partial charge in [0.2, 0.25) is 5.88 Å². The maximum atomic E-state index is 5.81. The number of rotatable bonds is 8. The fourth-order valence-electron chi connectivity index (χ4n) is 2.70. The van der Waals surface area contributed by atoms with Crippen molar-refractivity contribution in [1.82, 2.24) is 15.0 Å². The van der Waals surface area contributed by atoms with Crippen LogP contribution in [0.1, 0.15) is 5.56 Å². The Morgan fingerprint density at radius 1 is 1.04 bits per heavy atom. The summed E-state index contributed by atoms with van der Waals surface area (Å²) in [6, 6.07) is 9.02. The summed E-state index contributed by atoms with van der Waals surface area (Å²) in [4.78, 5) is 13.2. The SMILES string of the molecule is COc1cc(-c2ccc(C)cn2)cc2c(OCOCC[Si](C)(C)C)ncnc12. The Morgan fingerprint density at radius 2 is 1.86 bits per heavy atom. The van der Waals surface area contributed by atoms with E-state index >= 15 is 0 Å². The molecule has 6 nitrogen and oxygen atoms in total. The van der Waals surface area contributed by atoms with Gasteiger partial charge in [-0.3, -0.25) is 4.98 Å². The summed E-state index contributed by atoms with van der Waals surface area (Å²) in [5.41, 5.74) is 3.58. The number of benzene rings is 1.